The van der Waals surface area contributed by atoms with E-state index in [1.165, 1.54) is 32.0 Å². The highest BCUT2D eigenvalue weighted by molar-refractivity contribution is 5.69. The molecule has 3 aromatic rings. The van der Waals surface area contributed by atoms with Crippen molar-refractivity contribution in [3.63, 3.8) is 0 Å². The lowest BCUT2D eigenvalue weighted by Crippen LogP contribution is -2.34. The van der Waals surface area contributed by atoms with Gasteiger partial charge in [0, 0.05) is 41.5 Å². The van der Waals surface area contributed by atoms with Gasteiger partial charge < -0.3 is 5.73 Å². The van der Waals surface area contributed by atoms with Gasteiger partial charge in [0.15, 0.2) is 5.82 Å². The first-order chi connectivity index (χ1) is 16.0. The molecule has 7 heteroatoms. The van der Waals surface area contributed by atoms with Gasteiger partial charge in [0.1, 0.15) is 0 Å². The van der Waals surface area contributed by atoms with Crippen LogP contribution in [-0.2, 0) is 6.42 Å². The normalized spacial score (nSPS) is 15.7. The van der Waals surface area contributed by atoms with Crippen molar-refractivity contribution in [1.82, 2.24) is 14.9 Å². The van der Waals surface area contributed by atoms with Gasteiger partial charge in [-0.3, -0.25) is 15.0 Å². The van der Waals surface area contributed by atoms with Crippen molar-refractivity contribution in [1.29, 1.82) is 0 Å². The third-order valence-corrected chi connectivity index (χ3v) is 6.11. The Bertz CT molecular complexity index is 1060. The monoisotopic (exact) mass is 447 g/mol. The molecule has 4 rings (SSSR count). The highest BCUT2D eigenvalue weighted by Crippen LogP contribution is 2.29. The van der Waals surface area contributed by atoms with E-state index in [9.17, 15) is 10.1 Å². The Morgan fingerprint density at radius 1 is 1.09 bits per heavy atom. The van der Waals surface area contributed by atoms with Crippen LogP contribution in [0.2, 0.25) is 0 Å². The van der Waals surface area contributed by atoms with Gasteiger partial charge in [-0.15, -0.1) is 0 Å². The van der Waals surface area contributed by atoms with Crippen LogP contribution in [0.1, 0.15) is 37.9 Å². The Morgan fingerprint density at radius 3 is 2.42 bits per heavy atom. The molecule has 0 radical (unpaired) electrons. The minimum Gasteiger partial charge on any atom is -0.329 e. The van der Waals surface area contributed by atoms with E-state index in [0.717, 1.165) is 41.0 Å². The second-order valence-electron chi connectivity index (χ2n) is 8.15. The first-order valence-electron chi connectivity index (χ1n) is 11.6. The lowest BCUT2D eigenvalue weighted by molar-refractivity contribution is -0.384. The summed E-state index contributed by atoms with van der Waals surface area (Å²) in [5.41, 5.74) is 9.95. The van der Waals surface area contributed by atoms with Crippen molar-refractivity contribution in [3.05, 3.63) is 76.0 Å². The molecule has 7 nitrogen and oxygen atoms in total. The van der Waals surface area contributed by atoms with E-state index in [0.29, 0.717) is 11.9 Å². The zero-order valence-electron chi connectivity index (χ0n) is 19.7. The van der Waals surface area contributed by atoms with Crippen molar-refractivity contribution in [2.45, 2.75) is 46.1 Å². The fourth-order valence-electron chi connectivity index (χ4n) is 4.32. The number of aromatic nitrogens is 2. The maximum Gasteiger partial charge on any atom is 0.270 e. The summed E-state index contributed by atoms with van der Waals surface area (Å²) in [6, 6.07) is 17.0. The van der Waals surface area contributed by atoms with Crippen molar-refractivity contribution in [2.75, 3.05) is 19.6 Å². The third-order valence-electron chi connectivity index (χ3n) is 6.11. The number of hydrogen-bond acceptors (Lipinski definition) is 6. The molecule has 1 unspecified atom stereocenters. The third kappa shape index (κ3) is 6.00. The number of nitrogens with two attached hydrogens (primary N) is 1. The second-order valence-corrected chi connectivity index (χ2v) is 8.15. The van der Waals surface area contributed by atoms with Crippen molar-refractivity contribution < 1.29 is 4.92 Å². The first-order valence-corrected chi connectivity index (χ1v) is 11.6. The summed E-state index contributed by atoms with van der Waals surface area (Å²) in [6.45, 7) is 9.46. The number of benzene rings is 2. The summed E-state index contributed by atoms with van der Waals surface area (Å²) < 4.78 is 0. The number of nitrogens with zero attached hydrogens (tertiary/aromatic N) is 4. The van der Waals surface area contributed by atoms with Gasteiger partial charge in [0.2, 0.25) is 0 Å². The largest absolute Gasteiger partial charge is 0.329 e. The van der Waals surface area contributed by atoms with Gasteiger partial charge in [0.25, 0.3) is 5.69 Å². The average Bonchev–Trinajstić information content (AvgIpc) is 3.32. The predicted molar refractivity (Wildman–Crippen MR) is 133 cm³/mol. The molecule has 1 aliphatic heterocycles. The van der Waals surface area contributed by atoms with Gasteiger partial charge in [-0.25, -0.2) is 9.97 Å². The van der Waals surface area contributed by atoms with Gasteiger partial charge >= 0.3 is 0 Å². The fourth-order valence-corrected chi connectivity index (χ4v) is 4.32. The first kappa shape index (κ1) is 24.5. The molecule has 1 saturated heterocycles. The van der Waals surface area contributed by atoms with E-state index in [1.807, 2.05) is 50.2 Å². The molecule has 33 heavy (non-hydrogen) atoms. The van der Waals surface area contributed by atoms with E-state index in [2.05, 4.69) is 16.8 Å². The molecule has 0 bridgehead atoms. The Hall–Kier alpha value is -3.16. The van der Waals surface area contributed by atoms with E-state index in [-0.39, 0.29) is 10.6 Å². The van der Waals surface area contributed by atoms with Crippen LogP contribution in [0.25, 0.3) is 22.6 Å². The van der Waals surface area contributed by atoms with Crippen molar-refractivity contribution >= 4 is 5.69 Å². The molecule has 174 valence electrons. The zero-order valence-corrected chi connectivity index (χ0v) is 19.7. The molecule has 2 aromatic carbocycles. The molecule has 0 saturated carbocycles. The van der Waals surface area contributed by atoms with Crippen molar-refractivity contribution in [3.8, 4) is 22.6 Å². The summed E-state index contributed by atoms with van der Waals surface area (Å²) in [6.07, 6.45) is 3.42. The quantitative estimate of drug-likeness (QED) is 0.421. The van der Waals surface area contributed by atoms with E-state index >= 15 is 0 Å². The van der Waals surface area contributed by atoms with Crippen LogP contribution >= 0.6 is 0 Å². The number of hydrogen-bond donors (Lipinski definition) is 1. The Labute approximate surface area is 195 Å². The summed E-state index contributed by atoms with van der Waals surface area (Å²) in [5.74, 6) is 0.631. The highest BCUT2D eigenvalue weighted by atomic mass is 16.6. The number of likely N-dealkylation sites (tertiary alicyclic amines) is 1. The van der Waals surface area contributed by atoms with Gasteiger partial charge in [-0.1, -0.05) is 56.3 Å². The lowest BCUT2D eigenvalue weighted by atomic mass is 10.0. The van der Waals surface area contributed by atoms with Crippen LogP contribution in [0.4, 0.5) is 5.69 Å². The number of rotatable bonds is 6. The lowest BCUT2D eigenvalue weighted by Gasteiger charge is -2.20. The van der Waals surface area contributed by atoms with E-state index in [1.54, 1.807) is 12.1 Å². The maximum atomic E-state index is 11.1. The Morgan fingerprint density at radius 2 is 1.82 bits per heavy atom. The Kier molecular flexibility index (Phi) is 8.63. The van der Waals surface area contributed by atoms with Crippen LogP contribution < -0.4 is 5.73 Å². The summed E-state index contributed by atoms with van der Waals surface area (Å²) in [7, 11) is 0. The molecule has 2 N–H and O–H groups in total. The smallest absolute Gasteiger partial charge is 0.270 e. The highest BCUT2D eigenvalue weighted by Gasteiger charge is 2.20. The molecule has 0 amide bonds. The number of nitro groups is 1. The molecule has 0 aliphatic carbocycles. The number of aryl methyl sites for hydroxylation is 1. The molecule has 2 heterocycles. The van der Waals surface area contributed by atoms with E-state index in [4.69, 9.17) is 10.7 Å². The molecule has 1 aliphatic rings. The minimum atomic E-state index is -0.388. The number of nitro benzene ring substituents is 1. The summed E-state index contributed by atoms with van der Waals surface area (Å²) in [4.78, 5) is 22.5. The standard InChI is InChI=1S/C19H17N3O2.C7H16N2/c1-3-17-13(2)20-19(14-8-5-4-6-9-14)21-18(17)15-10-7-11-16(12-15)22(23)24;1-2-9-5-3-4-7(9)6-8/h4-12H,3H2,1-2H3;7H,2-6,8H2,1H3. The fraction of sp³-hybridized carbons (Fsp3) is 0.385. The minimum absolute atomic E-state index is 0.0621. The second kappa shape index (κ2) is 11.6. The van der Waals surface area contributed by atoms with Crippen LogP contribution in [-0.4, -0.2) is 45.5 Å². The molecule has 1 fully saturated rings. The van der Waals surface area contributed by atoms with Crippen LogP contribution in [0.3, 0.4) is 0 Å². The van der Waals surface area contributed by atoms with Crippen LogP contribution in [0.5, 0.6) is 0 Å². The number of non-ortho nitro benzene ring substituents is 1. The summed E-state index contributed by atoms with van der Waals surface area (Å²) >= 11 is 0. The molecule has 1 aromatic heterocycles. The topological polar surface area (TPSA) is 98.2 Å². The van der Waals surface area contributed by atoms with Gasteiger partial charge in [0.05, 0.1) is 10.6 Å². The maximum absolute atomic E-state index is 11.1. The average molecular weight is 448 g/mol. The van der Waals surface area contributed by atoms with Crippen molar-refractivity contribution in [2.24, 2.45) is 5.73 Å². The SMILES string of the molecule is CCN1CCCC1CN.CCc1c(C)nc(-c2ccccc2)nc1-c1cccc([N+](=O)[O-])c1. The van der Waals surface area contributed by atoms with Gasteiger partial charge in [-0.2, -0.15) is 0 Å². The zero-order chi connectivity index (χ0) is 23.8. The molecular formula is C26H33N5O2. The molecule has 0 spiro atoms. The summed E-state index contributed by atoms with van der Waals surface area (Å²) in [5, 5.41) is 11.1. The van der Waals surface area contributed by atoms with E-state index < -0.39 is 0 Å². The number of likely N-dealkylation sites (N-methyl/N-ethyl adjacent to an activating group) is 1. The predicted octanol–water partition coefficient (Wildman–Crippen LogP) is 5.02. The molecule has 1 atom stereocenters. The van der Waals surface area contributed by atoms with Crippen LogP contribution in [0.15, 0.2) is 54.6 Å². The Balaban J connectivity index is 0.000000286. The van der Waals surface area contributed by atoms with Crippen LogP contribution in [0, 0.1) is 17.0 Å². The van der Waals surface area contributed by atoms with Gasteiger partial charge in [-0.05, 0) is 44.8 Å². The molecular weight excluding hydrogens is 414 g/mol.